The summed E-state index contributed by atoms with van der Waals surface area (Å²) < 4.78 is 23.4. The highest BCUT2D eigenvalue weighted by molar-refractivity contribution is 7.91. The van der Waals surface area contributed by atoms with Gasteiger partial charge in [-0.05, 0) is 33.1 Å². The molecule has 0 aromatic carbocycles. The Morgan fingerprint density at radius 3 is 2.53 bits per heavy atom. The number of carbonyl (C=O) groups excluding carboxylic acids is 1. The van der Waals surface area contributed by atoms with Crippen LogP contribution in [0.4, 0.5) is 0 Å². The van der Waals surface area contributed by atoms with Crippen LogP contribution in [0, 0.1) is 16.7 Å². The standard InChI is InChI=1S/C12H19NO3S/c1-10(2)17(15,16)8-7-12(9-13)6-4-3-5-11(12)14/h10H,3-8H2,1-2H3. The maximum atomic E-state index is 11.8. The second-order valence-corrected chi connectivity index (χ2v) is 7.67. The van der Waals surface area contributed by atoms with Crippen molar-refractivity contribution in [2.24, 2.45) is 5.41 Å². The first kappa shape index (κ1) is 14.2. The van der Waals surface area contributed by atoms with E-state index in [0.29, 0.717) is 12.8 Å². The van der Waals surface area contributed by atoms with Gasteiger partial charge in [0.25, 0.3) is 0 Å². The third-order valence-electron chi connectivity index (χ3n) is 3.54. The molecular weight excluding hydrogens is 238 g/mol. The van der Waals surface area contributed by atoms with Crippen LogP contribution < -0.4 is 0 Å². The predicted molar refractivity (Wildman–Crippen MR) is 65.1 cm³/mol. The topological polar surface area (TPSA) is 75.0 Å². The van der Waals surface area contributed by atoms with E-state index in [1.165, 1.54) is 0 Å². The van der Waals surface area contributed by atoms with E-state index in [2.05, 4.69) is 6.07 Å². The Morgan fingerprint density at radius 1 is 1.41 bits per heavy atom. The molecule has 1 unspecified atom stereocenters. The van der Waals surface area contributed by atoms with Crippen LogP contribution in [0.3, 0.4) is 0 Å². The molecular formula is C12H19NO3S. The van der Waals surface area contributed by atoms with Gasteiger partial charge >= 0.3 is 0 Å². The molecule has 5 heteroatoms. The summed E-state index contributed by atoms with van der Waals surface area (Å²) in [5, 5.41) is 8.73. The molecule has 4 nitrogen and oxygen atoms in total. The molecule has 17 heavy (non-hydrogen) atoms. The number of ketones is 1. The maximum Gasteiger partial charge on any atom is 0.153 e. The molecule has 1 saturated carbocycles. The summed E-state index contributed by atoms with van der Waals surface area (Å²) in [6.45, 7) is 3.24. The largest absolute Gasteiger partial charge is 0.298 e. The van der Waals surface area contributed by atoms with Crippen molar-refractivity contribution in [3.63, 3.8) is 0 Å². The highest BCUT2D eigenvalue weighted by atomic mass is 32.2. The van der Waals surface area contributed by atoms with Gasteiger partial charge in [-0.25, -0.2) is 8.42 Å². The molecule has 0 spiro atoms. The summed E-state index contributed by atoms with van der Waals surface area (Å²) in [7, 11) is -3.17. The van der Waals surface area contributed by atoms with E-state index in [9.17, 15) is 18.5 Å². The number of Topliss-reactive ketones (excluding diaryl/α,β-unsaturated/α-hetero) is 1. The molecule has 1 aliphatic rings. The van der Waals surface area contributed by atoms with Crippen LogP contribution in [0.2, 0.25) is 0 Å². The van der Waals surface area contributed by atoms with Crippen molar-refractivity contribution >= 4 is 15.6 Å². The Hall–Kier alpha value is -0.890. The molecule has 1 atom stereocenters. The average molecular weight is 257 g/mol. The Balaban J connectivity index is 2.78. The van der Waals surface area contributed by atoms with E-state index >= 15 is 0 Å². The lowest BCUT2D eigenvalue weighted by Gasteiger charge is -2.29. The Morgan fingerprint density at radius 2 is 2.06 bits per heavy atom. The minimum absolute atomic E-state index is 0.0655. The van der Waals surface area contributed by atoms with Gasteiger partial charge in [-0.15, -0.1) is 0 Å². The Labute approximate surface area is 103 Å². The summed E-state index contributed by atoms with van der Waals surface area (Å²) in [6, 6.07) is 2.06. The van der Waals surface area contributed by atoms with E-state index < -0.39 is 20.5 Å². The fraction of sp³-hybridized carbons (Fsp3) is 0.833. The normalized spacial score (nSPS) is 25.9. The first-order chi connectivity index (χ1) is 7.84. The lowest BCUT2D eigenvalue weighted by molar-refractivity contribution is -0.128. The van der Waals surface area contributed by atoms with E-state index in [0.717, 1.165) is 12.8 Å². The first-order valence-electron chi connectivity index (χ1n) is 6.00. The molecule has 0 N–H and O–H groups in total. The fourth-order valence-corrected chi connectivity index (χ4v) is 3.19. The Kier molecular flexibility index (Phi) is 4.31. The first-order valence-corrected chi connectivity index (χ1v) is 7.72. The third kappa shape index (κ3) is 3.06. The quantitative estimate of drug-likeness (QED) is 0.770. The number of hydrogen-bond acceptors (Lipinski definition) is 4. The van der Waals surface area contributed by atoms with Crippen molar-refractivity contribution in [3.8, 4) is 6.07 Å². The van der Waals surface area contributed by atoms with Crippen LogP contribution >= 0.6 is 0 Å². The van der Waals surface area contributed by atoms with E-state index in [1.54, 1.807) is 13.8 Å². The molecule has 1 aliphatic carbocycles. The van der Waals surface area contributed by atoms with E-state index in [4.69, 9.17) is 0 Å². The van der Waals surface area contributed by atoms with Crippen LogP contribution in [-0.4, -0.2) is 25.2 Å². The van der Waals surface area contributed by atoms with Crippen LogP contribution in [0.15, 0.2) is 0 Å². The molecule has 0 bridgehead atoms. The zero-order valence-electron chi connectivity index (χ0n) is 10.4. The van der Waals surface area contributed by atoms with Crippen molar-refractivity contribution < 1.29 is 13.2 Å². The third-order valence-corrected chi connectivity index (χ3v) is 5.75. The molecule has 0 radical (unpaired) electrons. The predicted octanol–water partition coefficient (Wildman–Crippen LogP) is 1.85. The summed E-state index contributed by atoms with van der Waals surface area (Å²) >= 11 is 0. The lowest BCUT2D eigenvalue weighted by Crippen LogP contribution is -2.35. The molecule has 0 saturated heterocycles. The molecule has 0 aliphatic heterocycles. The molecule has 0 aromatic heterocycles. The number of sulfone groups is 1. The van der Waals surface area contributed by atoms with Crippen LogP contribution in [0.1, 0.15) is 46.0 Å². The molecule has 1 fully saturated rings. The Bertz CT molecular complexity index is 433. The number of nitrogens with zero attached hydrogens (tertiary/aromatic N) is 1. The van der Waals surface area contributed by atoms with Gasteiger partial charge in [0.05, 0.1) is 17.1 Å². The summed E-state index contributed by atoms with van der Waals surface area (Å²) in [5.74, 6) is -0.144. The van der Waals surface area contributed by atoms with Gasteiger partial charge in [-0.1, -0.05) is 6.42 Å². The number of hydrogen-bond donors (Lipinski definition) is 0. The minimum Gasteiger partial charge on any atom is -0.298 e. The zero-order valence-corrected chi connectivity index (χ0v) is 11.2. The summed E-state index contributed by atoms with van der Waals surface area (Å²) in [4.78, 5) is 11.8. The van der Waals surface area contributed by atoms with Gasteiger partial charge in [0.15, 0.2) is 15.6 Å². The lowest BCUT2D eigenvalue weighted by atomic mass is 9.72. The SMILES string of the molecule is CC(C)S(=O)(=O)CCC1(C#N)CCCCC1=O. The second kappa shape index (κ2) is 5.18. The highest BCUT2D eigenvalue weighted by Gasteiger charge is 2.40. The van der Waals surface area contributed by atoms with Gasteiger partial charge in [0, 0.05) is 6.42 Å². The number of rotatable bonds is 4. The monoisotopic (exact) mass is 257 g/mol. The van der Waals surface area contributed by atoms with Crippen molar-refractivity contribution in [1.82, 2.24) is 0 Å². The van der Waals surface area contributed by atoms with Gasteiger partial charge < -0.3 is 0 Å². The second-order valence-electron chi connectivity index (χ2n) is 4.99. The van der Waals surface area contributed by atoms with Gasteiger partial charge in [-0.3, -0.25) is 4.79 Å². The smallest absolute Gasteiger partial charge is 0.153 e. The van der Waals surface area contributed by atoms with Crippen molar-refractivity contribution in [2.45, 2.75) is 51.2 Å². The van der Waals surface area contributed by atoms with E-state index in [1.807, 2.05) is 0 Å². The number of nitriles is 1. The zero-order chi connectivity index (χ0) is 13.1. The fourth-order valence-electron chi connectivity index (χ4n) is 2.08. The molecule has 0 aromatic rings. The van der Waals surface area contributed by atoms with Crippen molar-refractivity contribution in [3.05, 3.63) is 0 Å². The van der Waals surface area contributed by atoms with Crippen LogP contribution in [-0.2, 0) is 14.6 Å². The van der Waals surface area contributed by atoms with Gasteiger partial charge in [0.2, 0.25) is 0 Å². The average Bonchev–Trinajstić information content (AvgIpc) is 2.28. The van der Waals surface area contributed by atoms with Gasteiger partial charge in [-0.2, -0.15) is 5.26 Å². The summed E-state index contributed by atoms with van der Waals surface area (Å²) in [5.41, 5.74) is -1.04. The molecule has 96 valence electrons. The van der Waals surface area contributed by atoms with Crippen LogP contribution in [0.5, 0.6) is 0 Å². The van der Waals surface area contributed by atoms with Crippen molar-refractivity contribution in [1.29, 1.82) is 5.26 Å². The summed E-state index contributed by atoms with van der Waals surface area (Å²) in [6.07, 6.45) is 2.73. The highest BCUT2D eigenvalue weighted by Crippen LogP contribution is 2.36. The number of carbonyl (C=O) groups is 1. The maximum absolute atomic E-state index is 11.8. The molecule has 0 heterocycles. The van der Waals surface area contributed by atoms with Gasteiger partial charge in [0.1, 0.15) is 5.41 Å². The van der Waals surface area contributed by atoms with E-state index in [-0.39, 0.29) is 18.0 Å². The van der Waals surface area contributed by atoms with Crippen LogP contribution in [0.25, 0.3) is 0 Å². The van der Waals surface area contributed by atoms with Crippen molar-refractivity contribution in [2.75, 3.05) is 5.75 Å². The minimum atomic E-state index is -3.17. The molecule has 1 rings (SSSR count). The molecule has 0 amide bonds.